The summed E-state index contributed by atoms with van der Waals surface area (Å²) in [5, 5.41) is 0. The Morgan fingerprint density at radius 1 is 0.867 bits per heavy atom. The van der Waals surface area contributed by atoms with Crippen LogP contribution in [-0.4, -0.2) is 39.6 Å². The maximum Gasteiger partial charge on any atom is 0.107 e. The van der Waals surface area contributed by atoms with Crippen LogP contribution in [0.4, 0.5) is 0 Å². The standard InChI is InChI=1S/C12H22O3/c1-3-5-6-8-14-10-12-15-11-9-13-7-4-2/h2H,3,5-12H2,1H3. The highest BCUT2D eigenvalue weighted by Gasteiger charge is 1.90. The molecule has 0 radical (unpaired) electrons. The van der Waals surface area contributed by atoms with E-state index in [1.165, 1.54) is 12.8 Å². The normalized spacial score (nSPS) is 10.1. The van der Waals surface area contributed by atoms with E-state index < -0.39 is 0 Å². The second kappa shape index (κ2) is 13.4. The Balaban J connectivity index is 2.84. The van der Waals surface area contributed by atoms with E-state index in [0.717, 1.165) is 13.0 Å². The van der Waals surface area contributed by atoms with Crippen molar-refractivity contribution >= 4 is 0 Å². The number of hydrogen-bond donors (Lipinski definition) is 0. The predicted octanol–water partition coefficient (Wildman–Crippen LogP) is 1.86. The van der Waals surface area contributed by atoms with Gasteiger partial charge in [0.05, 0.1) is 26.4 Å². The van der Waals surface area contributed by atoms with E-state index in [1.807, 2.05) is 0 Å². The average molecular weight is 214 g/mol. The first-order chi connectivity index (χ1) is 7.41. The van der Waals surface area contributed by atoms with Gasteiger partial charge in [-0.05, 0) is 6.42 Å². The molecule has 0 aliphatic carbocycles. The van der Waals surface area contributed by atoms with Crippen molar-refractivity contribution in [3.05, 3.63) is 0 Å². The Hall–Kier alpha value is -0.560. The summed E-state index contributed by atoms with van der Waals surface area (Å²) in [6, 6.07) is 0. The Morgan fingerprint density at radius 3 is 2.07 bits per heavy atom. The highest BCUT2D eigenvalue weighted by Crippen LogP contribution is 1.93. The van der Waals surface area contributed by atoms with Crippen LogP contribution in [0, 0.1) is 12.3 Å². The third-order valence-electron chi connectivity index (χ3n) is 1.82. The van der Waals surface area contributed by atoms with E-state index >= 15 is 0 Å². The summed E-state index contributed by atoms with van der Waals surface area (Å²) in [6.07, 6.45) is 8.62. The number of rotatable bonds is 11. The first kappa shape index (κ1) is 14.4. The van der Waals surface area contributed by atoms with Gasteiger partial charge in [-0.1, -0.05) is 25.7 Å². The van der Waals surface area contributed by atoms with Gasteiger partial charge in [0, 0.05) is 6.61 Å². The lowest BCUT2D eigenvalue weighted by Gasteiger charge is -2.05. The first-order valence-electron chi connectivity index (χ1n) is 5.58. The maximum atomic E-state index is 5.37. The molecule has 0 aliphatic heterocycles. The van der Waals surface area contributed by atoms with Crippen LogP contribution >= 0.6 is 0 Å². The third kappa shape index (κ3) is 13.4. The van der Waals surface area contributed by atoms with Gasteiger partial charge in [0.15, 0.2) is 0 Å². The molecule has 15 heavy (non-hydrogen) atoms. The van der Waals surface area contributed by atoms with Gasteiger partial charge in [-0.3, -0.25) is 0 Å². The van der Waals surface area contributed by atoms with Crippen LogP contribution in [0.15, 0.2) is 0 Å². The number of unbranched alkanes of at least 4 members (excludes halogenated alkanes) is 2. The molecule has 0 spiro atoms. The molecule has 0 rings (SSSR count). The minimum Gasteiger partial charge on any atom is -0.379 e. The number of terminal acetylenes is 1. The lowest BCUT2D eigenvalue weighted by atomic mass is 10.3. The van der Waals surface area contributed by atoms with Crippen molar-refractivity contribution in [1.82, 2.24) is 0 Å². The molecule has 0 amide bonds. The largest absolute Gasteiger partial charge is 0.379 e. The summed E-state index contributed by atoms with van der Waals surface area (Å²) in [6.45, 7) is 5.81. The first-order valence-corrected chi connectivity index (χ1v) is 5.58. The lowest BCUT2D eigenvalue weighted by Crippen LogP contribution is -2.09. The van der Waals surface area contributed by atoms with Gasteiger partial charge < -0.3 is 14.2 Å². The lowest BCUT2D eigenvalue weighted by molar-refractivity contribution is 0.0195. The molecule has 3 heteroatoms. The fourth-order valence-corrected chi connectivity index (χ4v) is 1.03. The quantitative estimate of drug-likeness (QED) is 0.388. The molecule has 0 bridgehead atoms. The van der Waals surface area contributed by atoms with Crippen molar-refractivity contribution in [2.24, 2.45) is 0 Å². The Bertz CT molecular complexity index is 151. The van der Waals surface area contributed by atoms with Gasteiger partial charge in [0.1, 0.15) is 6.61 Å². The van der Waals surface area contributed by atoms with E-state index in [-0.39, 0.29) is 0 Å². The van der Waals surface area contributed by atoms with Gasteiger partial charge in [-0.15, -0.1) is 6.42 Å². The van der Waals surface area contributed by atoms with E-state index in [1.54, 1.807) is 0 Å². The van der Waals surface area contributed by atoms with Crippen LogP contribution < -0.4 is 0 Å². The number of ether oxygens (including phenoxy) is 3. The van der Waals surface area contributed by atoms with E-state index in [0.29, 0.717) is 33.0 Å². The predicted molar refractivity (Wildman–Crippen MR) is 60.8 cm³/mol. The average Bonchev–Trinajstić information content (AvgIpc) is 2.26. The van der Waals surface area contributed by atoms with Crippen molar-refractivity contribution in [3.8, 4) is 12.3 Å². The van der Waals surface area contributed by atoms with Crippen molar-refractivity contribution in [1.29, 1.82) is 0 Å². The molecule has 3 nitrogen and oxygen atoms in total. The zero-order chi connectivity index (χ0) is 11.2. The maximum absolute atomic E-state index is 5.37. The minimum atomic E-state index is 0.358. The molecular formula is C12H22O3. The van der Waals surface area contributed by atoms with Gasteiger partial charge in [-0.2, -0.15) is 0 Å². The molecule has 88 valence electrons. The molecule has 0 heterocycles. The Morgan fingerprint density at radius 2 is 1.47 bits per heavy atom. The summed E-state index contributed by atoms with van der Waals surface area (Å²) in [5.41, 5.74) is 0. The third-order valence-corrected chi connectivity index (χ3v) is 1.82. The van der Waals surface area contributed by atoms with E-state index in [4.69, 9.17) is 20.6 Å². The van der Waals surface area contributed by atoms with Crippen LogP contribution in [0.3, 0.4) is 0 Å². The summed E-state index contributed by atoms with van der Waals surface area (Å²) in [7, 11) is 0. The summed E-state index contributed by atoms with van der Waals surface area (Å²) < 4.78 is 15.7. The molecule has 0 unspecified atom stereocenters. The highest BCUT2D eigenvalue weighted by molar-refractivity contribution is 4.82. The molecule has 0 aromatic carbocycles. The van der Waals surface area contributed by atoms with E-state index in [2.05, 4.69) is 12.8 Å². The topological polar surface area (TPSA) is 27.7 Å². The van der Waals surface area contributed by atoms with Crippen molar-refractivity contribution in [2.45, 2.75) is 26.2 Å². The fourth-order valence-electron chi connectivity index (χ4n) is 1.03. The van der Waals surface area contributed by atoms with Gasteiger partial charge in [0.2, 0.25) is 0 Å². The van der Waals surface area contributed by atoms with Crippen LogP contribution in [0.1, 0.15) is 26.2 Å². The van der Waals surface area contributed by atoms with Crippen molar-refractivity contribution in [2.75, 3.05) is 39.6 Å². The van der Waals surface area contributed by atoms with E-state index in [9.17, 15) is 0 Å². The Kier molecular flexibility index (Phi) is 12.9. The summed E-state index contributed by atoms with van der Waals surface area (Å²) in [4.78, 5) is 0. The zero-order valence-corrected chi connectivity index (χ0v) is 9.67. The molecule has 0 saturated carbocycles. The van der Waals surface area contributed by atoms with Crippen LogP contribution in [0.5, 0.6) is 0 Å². The molecule has 0 N–H and O–H groups in total. The molecule has 0 aromatic heterocycles. The second-order valence-corrected chi connectivity index (χ2v) is 3.19. The monoisotopic (exact) mass is 214 g/mol. The van der Waals surface area contributed by atoms with Crippen LogP contribution in [0.25, 0.3) is 0 Å². The second-order valence-electron chi connectivity index (χ2n) is 3.19. The highest BCUT2D eigenvalue weighted by atomic mass is 16.5. The van der Waals surface area contributed by atoms with Crippen LogP contribution in [0.2, 0.25) is 0 Å². The van der Waals surface area contributed by atoms with Gasteiger partial charge >= 0.3 is 0 Å². The fraction of sp³-hybridized carbons (Fsp3) is 0.833. The zero-order valence-electron chi connectivity index (χ0n) is 9.67. The molecule has 0 atom stereocenters. The number of hydrogen-bond acceptors (Lipinski definition) is 3. The van der Waals surface area contributed by atoms with Crippen molar-refractivity contribution in [3.63, 3.8) is 0 Å². The van der Waals surface area contributed by atoms with Gasteiger partial charge in [0.25, 0.3) is 0 Å². The molecule has 0 saturated heterocycles. The summed E-state index contributed by atoms with van der Waals surface area (Å²) in [5.74, 6) is 2.40. The SMILES string of the molecule is C#CCOCCOCCOCCCCC. The molecule has 0 aromatic rings. The molecular weight excluding hydrogens is 192 g/mol. The molecule has 0 aliphatic rings. The molecule has 0 fully saturated rings. The van der Waals surface area contributed by atoms with Crippen molar-refractivity contribution < 1.29 is 14.2 Å². The van der Waals surface area contributed by atoms with Crippen LogP contribution in [-0.2, 0) is 14.2 Å². The minimum absolute atomic E-state index is 0.358. The smallest absolute Gasteiger partial charge is 0.107 e. The van der Waals surface area contributed by atoms with Gasteiger partial charge in [-0.25, -0.2) is 0 Å². The Labute approximate surface area is 93.1 Å². The summed E-state index contributed by atoms with van der Waals surface area (Å²) >= 11 is 0.